The van der Waals surface area contributed by atoms with E-state index < -0.39 is 6.04 Å². The molecule has 1 atom stereocenters. The van der Waals surface area contributed by atoms with Gasteiger partial charge in [0.15, 0.2) is 0 Å². The van der Waals surface area contributed by atoms with Crippen molar-refractivity contribution in [2.45, 2.75) is 25.8 Å². The van der Waals surface area contributed by atoms with Crippen LogP contribution in [0.1, 0.15) is 18.9 Å². The average molecular weight is 336 g/mol. The van der Waals surface area contributed by atoms with Gasteiger partial charge in [0.05, 0.1) is 12.1 Å². The molecule has 0 spiro atoms. The van der Waals surface area contributed by atoms with Gasteiger partial charge in [0.25, 0.3) is 5.91 Å². The van der Waals surface area contributed by atoms with Crippen LogP contribution in [0.2, 0.25) is 0 Å². The number of amides is 3. The second kappa shape index (κ2) is 7.30. The second-order valence-electron chi connectivity index (χ2n) is 6.07. The van der Waals surface area contributed by atoms with Crippen molar-refractivity contribution in [3.8, 4) is 0 Å². The Balaban J connectivity index is 1.77. The topological polar surface area (TPSA) is 57.7 Å². The second-order valence-corrected chi connectivity index (χ2v) is 6.07. The summed E-state index contributed by atoms with van der Waals surface area (Å²) in [5.41, 5.74) is 1.64. The summed E-state index contributed by atoms with van der Waals surface area (Å²) in [5, 5.41) is 0. The predicted octanol–water partition coefficient (Wildman–Crippen LogP) is 2.41. The lowest BCUT2D eigenvalue weighted by Gasteiger charge is -2.26. The molecule has 1 heterocycles. The van der Waals surface area contributed by atoms with Crippen molar-refractivity contribution in [2.24, 2.45) is 0 Å². The Bertz CT molecular complexity index is 774. The van der Waals surface area contributed by atoms with Crippen LogP contribution in [0.25, 0.3) is 0 Å². The zero-order valence-electron chi connectivity index (χ0n) is 14.1. The largest absolute Gasteiger partial charge is 0.330 e. The Morgan fingerprint density at radius 1 is 1.04 bits per heavy atom. The molecular weight excluding hydrogens is 316 g/mol. The lowest BCUT2D eigenvalue weighted by atomic mass is 10.1. The first-order chi connectivity index (χ1) is 12.1. The summed E-state index contributed by atoms with van der Waals surface area (Å²) >= 11 is 0. The lowest BCUT2D eigenvalue weighted by Crippen LogP contribution is -2.45. The third-order valence-corrected chi connectivity index (χ3v) is 4.40. The Labute approximate surface area is 146 Å². The van der Waals surface area contributed by atoms with Gasteiger partial charge < -0.3 is 4.90 Å². The SMILES string of the molecule is CC(=O)N(CCc1ccccc1)[C@@H]1CC(=O)N(c2ccccc2)C1=O. The van der Waals surface area contributed by atoms with E-state index in [1.165, 1.54) is 16.7 Å². The number of carbonyl (C=O) groups excluding carboxylic acids is 3. The Hall–Kier alpha value is -2.95. The van der Waals surface area contributed by atoms with E-state index in [0.717, 1.165) is 5.56 Å². The van der Waals surface area contributed by atoms with E-state index in [1.807, 2.05) is 36.4 Å². The number of benzene rings is 2. The van der Waals surface area contributed by atoms with Crippen molar-refractivity contribution < 1.29 is 14.4 Å². The molecule has 1 aliphatic rings. The monoisotopic (exact) mass is 336 g/mol. The lowest BCUT2D eigenvalue weighted by molar-refractivity contribution is -0.136. The predicted molar refractivity (Wildman–Crippen MR) is 94.9 cm³/mol. The molecule has 1 fully saturated rings. The van der Waals surface area contributed by atoms with Gasteiger partial charge in [-0.25, -0.2) is 4.90 Å². The van der Waals surface area contributed by atoms with Gasteiger partial charge in [0, 0.05) is 13.5 Å². The van der Waals surface area contributed by atoms with Gasteiger partial charge in [-0.3, -0.25) is 14.4 Å². The quantitative estimate of drug-likeness (QED) is 0.788. The molecule has 3 amide bonds. The van der Waals surface area contributed by atoms with Crippen LogP contribution in [-0.4, -0.2) is 35.2 Å². The van der Waals surface area contributed by atoms with Crippen molar-refractivity contribution in [1.82, 2.24) is 4.90 Å². The highest BCUT2D eigenvalue weighted by molar-refractivity contribution is 6.22. The van der Waals surface area contributed by atoms with Gasteiger partial charge in [0.2, 0.25) is 11.8 Å². The number of imide groups is 1. The van der Waals surface area contributed by atoms with Crippen LogP contribution in [0, 0.1) is 0 Å². The van der Waals surface area contributed by atoms with Crippen molar-refractivity contribution >= 4 is 23.4 Å². The molecule has 0 unspecified atom stereocenters. The first-order valence-corrected chi connectivity index (χ1v) is 8.31. The van der Waals surface area contributed by atoms with Crippen LogP contribution >= 0.6 is 0 Å². The third kappa shape index (κ3) is 3.60. The van der Waals surface area contributed by atoms with Crippen molar-refractivity contribution in [3.63, 3.8) is 0 Å². The first kappa shape index (κ1) is 16.9. The zero-order chi connectivity index (χ0) is 17.8. The molecule has 128 valence electrons. The van der Waals surface area contributed by atoms with E-state index >= 15 is 0 Å². The number of rotatable bonds is 5. The Morgan fingerprint density at radius 2 is 1.64 bits per heavy atom. The van der Waals surface area contributed by atoms with Gasteiger partial charge in [0.1, 0.15) is 6.04 Å². The van der Waals surface area contributed by atoms with E-state index in [-0.39, 0.29) is 24.1 Å². The maximum absolute atomic E-state index is 12.8. The van der Waals surface area contributed by atoms with Gasteiger partial charge in [-0.2, -0.15) is 0 Å². The summed E-state index contributed by atoms with van der Waals surface area (Å²) in [6, 6.07) is 17.9. The van der Waals surface area contributed by atoms with Crippen molar-refractivity contribution in [1.29, 1.82) is 0 Å². The van der Waals surface area contributed by atoms with Crippen molar-refractivity contribution in [3.05, 3.63) is 66.2 Å². The molecule has 0 radical (unpaired) electrons. The molecule has 0 saturated carbocycles. The first-order valence-electron chi connectivity index (χ1n) is 8.31. The summed E-state index contributed by atoms with van der Waals surface area (Å²) in [5.74, 6) is -0.802. The summed E-state index contributed by atoms with van der Waals surface area (Å²) < 4.78 is 0. The number of para-hydroxylation sites is 1. The van der Waals surface area contributed by atoms with Crippen LogP contribution in [-0.2, 0) is 20.8 Å². The maximum atomic E-state index is 12.8. The smallest absolute Gasteiger partial charge is 0.257 e. The molecule has 3 rings (SSSR count). The van der Waals surface area contributed by atoms with Crippen molar-refractivity contribution in [2.75, 3.05) is 11.4 Å². The third-order valence-electron chi connectivity index (χ3n) is 4.40. The van der Waals surface area contributed by atoms with Crippen LogP contribution in [0.5, 0.6) is 0 Å². The number of hydrogen-bond donors (Lipinski definition) is 0. The van der Waals surface area contributed by atoms with Crippen LogP contribution in [0.15, 0.2) is 60.7 Å². The highest BCUT2D eigenvalue weighted by Crippen LogP contribution is 2.25. The number of hydrogen-bond acceptors (Lipinski definition) is 3. The normalized spacial score (nSPS) is 17.0. The molecule has 0 N–H and O–H groups in total. The summed E-state index contributed by atoms with van der Waals surface area (Å²) in [6.07, 6.45) is 0.672. The molecule has 25 heavy (non-hydrogen) atoms. The molecule has 1 saturated heterocycles. The van der Waals surface area contributed by atoms with E-state index in [4.69, 9.17) is 0 Å². The fourth-order valence-corrected chi connectivity index (χ4v) is 3.13. The minimum Gasteiger partial charge on any atom is -0.330 e. The van der Waals surface area contributed by atoms with E-state index in [1.54, 1.807) is 24.3 Å². The standard InChI is InChI=1S/C20H20N2O3/c1-15(23)21(13-12-16-8-4-2-5-9-16)18-14-19(24)22(20(18)25)17-10-6-3-7-11-17/h2-11,18H,12-14H2,1H3/t18-/m1/s1. The van der Waals surface area contributed by atoms with E-state index in [2.05, 4.69) is 0 Å². The molecular formula is C20H20N2O3. The Morgan fingerprint density at radius 3 is 2.24 bits per heavy atom. The van der Waals surface area contributed by atoms with Crippen LogP contribution in [0.3, 0.4) is 0 Å². The number of carbonyl (C=O) groups is 3. The molecule has 1 aliphatic heterocycles. The van der Waals surface area contributed by atoms with E-state index in [0.29, 0.717) is 18.7 Å². The van der Waals surface area contributed by atoms with Gasteiger partial charge in [-0.15, -0.1) is 0 Å². The minimum absolute atomic E-state index is 0.0299. The van der Waals surface area contributed by atoms with Crippen LogP contribution < -0.4 is 4.90 Å². The molecule has 2 aromatic carbocycles. The summed E-state index contributed by atoms with van der Waals surface area (Å²) in [4.78, 5) is 39.9. The zero-order valence-corrected chi connectivity index (χ0v) is 14.1. The molecule has 5 heteroatoms. The number of nitrogens with zero attached hydrogens (tertiary/aromatic N) is 2. The molecule has 0 aliphatic carbocycles. The van der Waals surface area contributed by atoms with Crippen LogP contribution in [0.4, 0.5) is 5.69 Å². The summed E-state index contributed by atoms with van der Waals surface area (Å²) in [7, 11) is 0. The summed E-state index contributed by atoms with van der Waals surface area (Å²) in [6.45, 7) is 1.85. The van der Waals surface area contributed by atoms with Gasteiger partial charge >= 0.3 is 0 Å². The highest BCUT2D eigenvalue weighted by Gasteiger charge is 2.43. The van der Waals surface area contributed by atoms with E-state index in [9.17, 15) is 14.4 Å². The molecule has 0 aromatic heterocycles. The molecule has 0 bridgehead atoms. The highest BCUT2D eigenvalue weighted by atomic mass is 16.2. The maximum Gasteiger partial charge on any atom is 0.257 e. The minimum atomic E-state index is -0.728. The van der Waals surface area contributed by atoms with Gasteiger partial charge in [-0.05, 0) is 24.1 Å². The van der Waals surface area contributed by atoms with Gasteiger partial charge in [-0.1, -0.05) is 48.5 Å². The molecule has 2 aromatic rings. The fourth-order valence-electron chi connectivity index (χ4n) is 3.13. The Kier molecular flexibility index (Phi) is 4.93. The molecule has 5 nitrogen and oxygen atoms in total. The number of anilines is 1. The fraction of sp³-hybridized carbons (Fsp3) is 0.250. The average Bonchev–Trinajstić information content (AvgIpc) is 2.91.